The summed E-state index contributed by atoms with van der Waals surface area (Å²) in [7, 11) is 1.56. The fourth-order valence-corrected chi connectivity index (χ4v) is 3.59. The molecular formula is C18H13N3O2S. The highest BCUT2D eigenvalue weighted by atomic mass is 32.1. The van der Waals surface area contributed by atoms with E-state index in [1.807, 2.05) is 43.3 Å². The molecule has 0 aliphatic rings. The lowest BCUT2D eigenvalue weighted by atomic mass is 10.1. The van der Waals surface area contributed by atoms with Crippen molar-refractivity contribution in [3.63, 3.8) is 0 Å². The van der Waals surface area contributed by atoms with Crippen molar-refractivity contribution in [2.24, 2.45) is 7.05 Å². The van der Waals surface area contributed by atoms with Crippen LogP contribution in [0.1, 0.15) is 18.2 Å². The van der Waals surface area contributed by atoms with Gasteiger partial charge in [-0.3, -0.25) is 4.79 Å². The molecule has 118 valence electrons. The van der Waals surface area contributed by atoms with Crippen molar-refractivity contribution >= 4 is 34.0 Å². The predicted molar refractivity (Wildman–Crippen MR) is 92.6 cm³/mol. The zero-order valence-corrected chi connectivity index (χ0v) is 14.0. The number of benzene rings is 1. The Morgan fingerprint density at radius 3 is 2.71 bits per heavy atom. The van der Waals surface area contributed by atoms with Gasteiger partial charge in [-0.2, -0.15) is 10.5 Å². The van der Waals surface area contributed by atoms with Crippen LogP contribution >= 0.6 is 11.3 Å². The molecular weight excluding hydrogens is 322 g/mol. The largest absolute Gasteiger partial charge is 0.460 e. The summed E-state index contributed by atoms with van der Waals surface area (Å²) in [5.41, 5.74) is 1.35. The second-order valence-electron chi connectivity index (χ2n) is 5.17. The van der Waals surface area contributed by atoms with E-state index in [2.05, 4.69) is 0 Å². The van der Waals surface area contributed by atoms with E-state index in [1.165, 1.54) is 4.57 Å². The lowest BCUT2D eigenvalue weighted by Crippen LogP contribution is -2.29. The van der Waals surface area contributed by atoms with E-state index < -0.39 is 0 Å². The molecule has 0 bridgehead atoms. The average molecular weight is 335 g/mol. The van der Waals surface area contributed by atoms with Crippen molar-refractivity contribution in [2.75, 3.05) is 0 Å². The first-order chi connectivity index (χ1) is 11.6. The Kier molecular flexibility index (Phi) is 4.07. The molecule has 0 aliphatic heterocycles. The lowest BCUT2D eigenvalue weighted by Gasteiger charge is -1.92. The van der Waals surface area contributed by atoms with E-state index in [1.54, 1.807) is 13.1 Å². The number of fused-ring (bicyclic) bond motifs is 1. The van der Waals surface area contributed by atoms with Gasteiger partial charge >= 0.3 is 0 Å². The molecule has 2 aromatic heterocycles. The molecule has 3 rings (SSSR count). The van der Waals surface area contributed by atoms with Gasteiger partial charge in [0, 0.05) is 24.4 Å². The fourth-order valence-electron chi connectivity index (χ4n) is 2.57. The summed E-state index contributed by atoms with van der Waals surface area (Å²) in [6.45, 7) is 1.99. The van der Waals surface area contributed by atoms with Crippen LogP contribution in [-0.4, -0.2) is 4.57 Å². The van der Waals surface area contributed by atoms with Gasteiger partial charge in [0.25, 0.3) is 5.56 Å². The number of furan rings is 1. The van der Waals surface area contributed by atoms with E-state index in [0.29, 0.717) is 15.6 Å². The SMILES string of the molecule is CCc1oc2ccccc2c1/C=c1\sc(=C(C#N)C#N)n(C)c1=O. The zero-order chi connectivity index (χ0) is 17.3. The summed E-state index contributed by atoms with van der Waals surface area (Å²) >= 11 is 1.14. The van der Waals surface area contributed by atoms with Crippen molar-refractivity contribution in [1.82, 2.24) is 4.57 Å². The normalized spacial score (nSPS) is 11.4. The molecule has 1 aromatic carbocycles. The van der Waals surface area contributed by atoms with Crippen LogP contribution in [0.15, 0.2) is 33.5 Å². The van der Waals surface area contributed by atoms with Crippen LogP contribution in [0.2, 0.25) is 0 Å². The molecule has 0 amide bonds. The highest BCUT2D eigenvalue weighted by Crippen LogP contribution is 2.26. The number of para-hydroxylation sites is 1. The van der Waals surface area contributed by atoms with Gasteiger partial charge in [-0.25, -0.2) is 0 Å². The monoisotopic (exact) mass is 335 g/mol. The molecule has 0 aliphatic carbocycles. The Morgan fingerprint density at radius 2 is 2.04 bits per heavy atom. The molecule has 0 fully saturated rings. The molecule has 2 heterocycles. The van der Waals surface area contributed by atoms with Crippen LogP contribution in [-0.2, 0) is 13.5 Å². The molecule has 24 heavy (non-hydrogen) atoms. The van der Waals surface area contributed by atoms with Gasteiger partial charge in [0.15, 0.2) is 5.57 Å². The minimum Gasteiger partial charge on any atom is -0.460 e. The first kappa shape index (κ1) is 15.8. The van der Waals surface area contributed by atoms with Crippen LogP contribution in [0, 0.1) is 22.7 Å². The maximum Gasteiger partial charge on any atom is 0.268 e. The van der Waals surface area contributed by atoms with Crippen LogP contribution in [0.4, 0.5) is 0 Å². The number of aromatic nitrogens is 1. The second kappa shape index (κ2) is 6.19. The summed E-state index contributed by atoms with van der Waals surface area (Å²) in [5, 5.41) is 19.0. The van der Waals surface area contributed by atoms with Crippen molar-refractivity contribution in [2.45, 2.75) is 13.3 Å². The number of hydrogen-bond acceptors (Lipinski definition) is 5. The van der Waals surface area contributed by atoms with Gasteiger partial charge < -0.3 is 8.98 Å². The maximum atomic E-state index is 12.5. The molecule has 0 radical (unpaired) electrons. The molecule has 0 atom stereocenters. The highest BCUT2D eigenvalue weighted by Gasteiger charge is 2.12. The lowest BCUT2D eigenvalue weighted by molar-refractivity contribution is 0.556. The minimum atomic E-state index is -0.231. The molecule has 5 nitrogen and oxygen atoms in total. The average Bonchev–Trinajstić information content (AvgIpc) is 3.10. The Hall–Kier alpha value is -3.09. The topological polar surface area (TPSA) is 82.7 Å². The van der Waals surface area contributed by atoms with E-state index in [9.17, 15) is 4.79 Å². The van der Waals surface area contributed by atoms with E-state index >= 15 is 0 Å². The Balaban J connectivity index is 2.39. The fraction of sp³-hybridized carbons (Fsp3) is 0.167. The first-order valence-corrected chi connectivity index (χ1v) is 8.14. The smallest absolute Gasteiger partial charge is 0.268 e. The molecule has 3 aromatic rings. The minimum absolute atomic E-state index is 0.0629. The molecule has 0 N–H and O–H groups in total. The van der Waals surface area contributed by atoms with Crippen LogP contribution in [0.25, 0.3) is 22.6 Å². The Morgan fingerprint density at radius 1 is 1.33 bits per heavy atom. The van der Waals surface area contributed by atoms with Gasteiger partial charge in [-0.15, -0.1) is 11.3 Å². The maximum absolute atomic E-state index is 12.5. The van der Waals surface area contributed by atoms with Crippen molar-refractivity contribution < 1.29 is 4.42 Å². The number of nitrogens with zero attached hydrogens (tertiary/aromatic N) is 3. The zero-order valence-electron chi connectivity index (χ0n) is 13.2. The van der Waals surface area contributed by atoms with Gasteiger partial charge in [0.1, 0.15) is 28.1 Å². The summed E-state index contributed by atoms with van der Waals surface area (Å²) in [4.78, 5) is 12.5. The molecule has 0 saturated heterocycles. The summed E-state index contributed by atoms with van der Waals surface area (Å²) in [6.07, 6.45) is 2.49. The predicted octanol–water partition coefficient (Wildman–Crippen LogP) is 1.78. The second-order valence-corrected chi connectivity index (χ2v) is 6.20. The van der Waals surface area contributed by atoms with Crippen molar-refractivity contribution in [3.05, 3.63) is 55.1 Å². The van der Waals surface area contributed by atoms with Crippen LogP contribution in [0.5, 0.6) is 0 Å². The molecule has 6 heteroatoms. The van der Waals surface area contributed by atoms with Gasteiger partial charge in [0.05, 0.1) is 4.53 Å². The van der Waals surface area contributed by atoms with Gasteiger partial charge in [-0.1, -0.05) is 25.1 Å². The number of nitriles is 2. The van der Waals surface area contributed by atoms with E-state index in [0.717, 1.165) is 33.6 Å². The third-order valence-electron chi connectivity index (χ3n) is 3.77. The molecule has 0 spiro atoms. The number of hydrogen-bond donors (Lipinski definition) is 0. The summed E-state index contributed by atoms with van der Waals surface area (Å²) in [5.74, 6) is 0.804. The standard InChI is InChI=1S/C18H13N3O2S/c1-3-14-13(12-6-4-5-7-15(12)23-14)8-16-17(22)21(2)18(24-16)11(9-19)10-20/h4-8H,3H2,1-2H3/b16-8-. The van der Waals surface area contributed by atoms with Crippen LogP contribution in [0.3, 0.4) is 0 Å². The van der Waals surface area contributed by atoms with Gasteiger partial charge in [-0.05, 0) is 12.1 Å². The number of thiazole rings is 1. The molecule has 0 unspecified atom stereocenters. The first-order valence-electron chi connectivity index (χ1n) is 7.33. The highest BCUT2D eigenvalue weighted by molar-refractivity contribution is 7.07. The summed E-state index contributed by atoms with van der Waals surface area (Å²) < 4.78 is 8.01. The Labute approximate surface area is 141 Å². The van der Waals surface area contributed by atoms with Crippen molar-refractivity contribution in [1.29, 1.82) is 10.5 Å². The van der Waals surface area contributed by atoms with Crippen molar-refractivity contribution in [3.8, 4) is 12.1 Å². The quantitative estimate of drug-likeness (QED) is 0.715. The van der Waals surface area contributed by atoms with E-state index in [4.69, 9.17) is 14.9 Å². The van der Waals surface area contributed by atoms with E-state index in [-0.39, 0.29) is 11.1 Å². The third kappa shape index (κ3) is 2.44. The molecule has 0 saturated carbocycles. The number of rotatable bonds is 2. The van der Waals surface area contributed by atoms with Gasteiger partial charge in [0.2, 0.25) is 0 Å². The number of aryl methyl sites for hydroxylation is 1. The van der Waals surface area contributed by atoms with Crippen LogP contribution < -0.4 is 14.8 Å². The Bertz CT molecular complexity index is 1180. The third-order valence-corrected chi connectivity index (χ3v) is 4.96. The summed E-state index contributed by atoms with van der Waals surface area (Å²) in [6, 6.07) is 11.3.